The van der Waals surface area contributed by atoms with Gasteiger partial charge in [0.2, 0.25) is 0 Å². The maximum Gasteiger partial charge on any atom is 0.0585 e. The van der Waals surface area contributed by atoms with E-state index in [1.165, 1.54) is 0 Å². The SMILES string of the molecule is CSCCC(CO)NC(C)c1cnn(C)c1. The minimum Gasteiger partial charge on any atom is -0.395 e. The highest BCUT2D eigenvalue weighted by Gasteiger charge is 2.13. The van der Waals surface area contributed by atoms with Crippen LogP contribution in [0, 0.1) is 0 Å². The van der Waals surface area contributed by atoms with Gasteiger partial charge in [-0.15, -0.1) is 0 Å². The van der Waals surface area contributed by atoms with Gasteiger partial charge in [0.05, 0.1) is 12.8 Å². The summed E-state index contributed by atoms with van der Waals surface area (Å²) >= 11 is 1.80. The van der Waals surface area contributed by atoms with Crippen LogP contribution in [0.1, 0.15) is 24.9 Å². The predicted octanol–water partition coefficient (Wildman–Crippen LogP) is 1.18. The normalized spacial score (nSPS) is 15.0. The first-order chi connectivity index (χ1) is 7.67. The molecule has 1 aromatic heterocycles. The van der Waals surface area contributed by atoms with E-state index >= 15 is 0 Å². The number of aryl methyl sites for hydroxylation is 1. The summed E-state index contributed by atoms with van der Waals surface area (Å²) in [6, 6.07) is 0.398. The molecule has 0 aliphatic carbocycles. The molecule has 0 spiro atoms. The summed E-state index contributed by atoms with van der Waals surface area (Å²) in [5.74, 6) is 1.07. The molecule has 0 aliphatic rings. The smallest absolute Gasteiger partial charge is 0.0585 e. The van der Waals surface area contributed by atoms with Crippen molar-refractivity contribution in [3.63, 3.8) is 0 Å². The van der Waals surface area contributed by atoms with Gasteiger partial charge in [-0.05, 0) is 25.4 Å². The van der Waals surface area contributed by atoms with Crippen molar-refractivity contribution < 1.29 is 5.11 Å². The Labute approximate surface area is 101 Å². The van der Waals surface area contributed by atoms with Gasteiger partial charge in [0.15, 0.2) is 0 Å². The van der Waals surface area contributed by atoms with Crippen molar-refractivity contribution in [2.75, 3.05) is 18.6 Å². The summed E-state index contributed by atoms with van der Waals surface area (Å²) in [6.45, 7) is 2.28. The zero-order valence-electron chi connectivity index (χ0n) is 10.2. The number of nitrogens with zero attached hydrogens (tertiary/aromatic N) is 2. The fraction of sp³-hybridized carbons (Fsp3) is 0.727. The molecule has 0 radical (unpaired) electrons. The van der Waals surface area contributed by atoms with Crippen molar-refractivity contribution in [3.05, 3.63) is 18.0 Å². The van der Waals surface area contributed by atoms with Gasteiger partial charge < -0.3 is 10.4 Å². The summed E-state index contributed by atoms with van der Waals surface area (Å²) < 4.78 is 1.80. The lowest BCUT2D eigenvalue weighted by atomic mass is 10.1. The van der Waals surface area contributed by atoms with Crippen molar-refractivity contribution in [3.8, 4) is 0 Å². The van der Waals surface area contributed by atoms with Crippen LogP contribution >= 0.6 is 11.8 Å². The van der Waals surface area contributed by atoms with E-state index in [4.69, 9.17) is 0 Å². The fourth-order valence-electron chi connectivity index (χ4n) is 1.60. The maximum absolute atomic E-state index is 9.26. The largest absolute Gasteiger partial charge is 0.395 e. The van der Waals surface area contributed by atoms with Gasteiger partial charge >= 0.3 is 0 Å². The molecular formula is C11H21N3OS. The lowest BCUT2D eigenvalue weighted by Gasteiger charge is -2.20. The molecule has 2 atom stereocenters. The molecule has 0 amide bonds. The summed E-state index contributed by atoms with van der Waals surface area (Å²) in [5.41, 5.74) is 1.16. The van der Waals surface area contributed by atoms with Crippen molar-refractivity contribution in [1.29, 1.82) is 0 Å². The Hall–Kier alpha value is -0.520. The number of rotatable bonds is 7. The van der Waals surface area contributed by atoms with Crippen LogP contribution in [0.4, 0.5) is 0 Å². The average Bonchev–Trinajstić information content (AvgIpc) is 2.70. The van der Waals surface area contributed by atoms with Gasteiger partial charge in [0.25, 0.3) is 0 Å². The molecule has 16 heavy (non-hydrogen) atoms. The highest BCUT2D eigenvalue weighted by Crippen LogP contribution is 2.12. The Morgan fingerprint density at radius 1 is 1.62 bits per heavy atom. The molecule has 0 saturated carbocycles. The Morgan fingerprint density at radius 2 is 2.38 bits per heavy atom. The van der Waals surface area contributed by atoms with Crippen LogP contribution in [0.5, 0.6) is 0 Å². The molecule has 1 heterocycles. The van der Waals surface area contributed by atoms with Crippen molar-refractivity contribution in [2.24, 2.45) is 7.05 Å². The number of nitrogens with one attached hydrogen (secondary N) is 1. The minimum atomic E-state index is 0.169. The third-order valence-corrected chi connectivity index (χ3v) is 3.25. The van der Waals surface area contributed by atoms with Crippen molar-refractivity contribution >= 4 is 11.8 Å². The fourth-order valence-corrected chi connectivity index (χ4v) is 2.12. The second kappa shape index (κ2) is 6.93. The van der Waals surface area contributed by atoms with Gasteiger partial charge in [0, 0.05) is 30.9 Å². The number of aromatic nitrogens is 2. The third kappa shape index (κ3) is 4.15. The van der Waals surface area contributed by atoms with E-state index in [1.807, 2.05) is 19.4 Å². The first-order valence-electron chi connectivity index (χ1n) is 5.51. The molecule has 4 nitrogen and oxygen atoms in total. The Morgan fingerprint density at radius 3 is 2.88 bits per heavy atom. The van der Waals surface area contributed by atoms with Crippen LogP contribution in [0.2, 0.25) is 0 Å². The number of hydrogen-bond donors (Lipinski definition) is 2. The number of aliphatic hydroxyl groups is 1. The van der Waals surface area contributed by atoms with Crippen LogP contribution in [-0.2, 0) is 7.05 Å². The van der Waals surface area contributed by atoms with Crippen molar-refractivity contribution in [1.82, 2.24) is 15.1 Å². The van der Waals surface area contributed by atoms with E-state index in [0.29, 0.717) is 0 Å². The van der Waals surface area contributed by atoms with Gasteiger partial charge in [0.1, 0.15) is 0 Å². The molecule has 1 aromatic rings. The zero-order chi connectivity index (χ0) is 12.0. The molecule has 0 fully saturated rings. The lowest BCUT2D eigenvalue weighted by molar-refractivity contribution is 0.231. The second-order valence-electron chi connectivity index (χ2n) is 4.00. The molecular weight excluding hydrogens is 222 g/mol. The molecule has 0 saturated heterocycles. The monoisotopic (exact) mass is 243 g/mol. The summed E-state index contributed by atoms with van der Waals surface area (Å²) in [7, 11) is 1.91. The van der Waals surface area contributed by atoms with Gasteiger partial charge in [-0.2, -0.15) is 16.9 Å². The Kier molecular flexibility index (Phi) is 5.87. The van der Waals surface area contributed by atoms with E-state index in [2.05, 4.69) is 23.6 Å². The summed E-state index contributed by atoms with van der Waals surface area (Å²) in [6.07, 6.45) is 6.93. The van der Waals surface area contributed by atoms with E-state index in [9.17, 15) is 5.11 Å². The predicted molar refractivity (Wildman–Crippen MR) is 68.6 cm³/mol. The molecule has 2 unspecified atom stereocenters. The number of hydrogen-bond acceptors (Lipinski definition) is 4. The first kappa shape index (κ1) is 13.5. The van der Waals surface area contributed by atoms with Crippen LogP contribution in [0.15, 0.2) is 12.4 Å². The van der Waals surface area contributed by atoms with Gasteiger partial charge in [-0.3, -0.25) is 4.68 Å². The van der Waals surface area contributed by atoms with E-state index < -0.39 is 0 Å². The van der Waals surface area contributed by atoms with Crippen LogP contribution in [0.3, 0.4) is 0 Å². The van der Waals surface area contributed by atoms with Gasteiger partial charge in [-0.25, -0.2) is 0 Å². The van der Waals surface area contributed by atoms with Crippen LogP contribution in [0.25, 0.3) is 0 Å². The first-order valence-corrected chi connectivity index (χ1v) is 6.91. The van der Waals surface area contributed by atoms with Crippen molar-refractivity contribution in [2.45, 2.75) is 25.4 Å². The molecule has 92 valence electrons. The van der Waals surface area contributed by atoms with E-state index in [1.54, 1.807) is 16.4 Å². The Balaban J connectivity index is 2.45. The topological polar surface area (TPSA) is 50.1 Å². The van der Waals surface area contributed by atoms with Gasteiger partial charge in [-0.1, -0.05) is 0 Å². The average molecular weight is 243 g/mol. The zero-order valence-corrected chi connectivity index (χ0v) is 11.0. The number of aliphatic hydroxyl groups excluding tert-OH is 1. The summed E-state index contributed by atoms with van der Waals surface area (Å²) in [5, 5.41) is 16.8. The molecule has 0 bridgehead atoms. The molecule has 1 rings (SSSR count). The van der Waals surface area contributed by atoms with E-state index in [-0.39, 0.29) is 18.7 Å². The summed E-state index contributed by atoms with van der Waals surface area (Å²) in [4.78, 5) is 0. The van der Waals surface area contributed by atoms with E-state index in [0.717, 1.165) is 17.7 Å². The number of thioether (sulfide) groups is 1. The molecule has 0 aromatic carbocycles. The highest BCUT2D eigenvalue weighted by atomic mass is 32.2. The van der Waals surface area contributed by atoms with Crippen LogP contribution in [-0.4, -0.2) is 39.5 Å². The second-order valence-corrected chi connectivity index (χ2v) is 4.98. The highest BCUT2D eigenvalue weighted by molar-refractivity contribution is 7.98. The molecule has 0 aliphatic heterocycles. The third-order valence-electron chi connectivity index (χ3n) is 2.60. The molecule has 5 heteroatoms. The quantitative estimate of drug-likeness (QED) is 0.755. The maximum atomic E-state index is 9.26. The van der Waals surface area contributed by atoms with Crippen LogP contribution < -0.4 is 5.32 Å². The minimum absolute atomic E-state index is 0.169. The lowest BCUT2D eigenvalue weighted by Crippen LogP contribution is -2.34. The standard InChI is InChI=1S/C11H21N3OS/c1-9(10-6-12-14(2)7-10)13-11(8-15)4-5-16-3/h6-7,9,11,13,15H,4-5,8H2,1-3H3. The Bertz CT molecular complexity index is 303. The molecule has 2 N–H and O–H groups in total.